The van der Waals surface area contributed by atoms with Crippen molar-refractivity contribution in [3.05, 3.63) is 99.4 Å². The summed E-state index contributed by atoms with van der Waals surface area (Å²) in [6.07, 6.45) is 9.78. The first kappa shape index (κ1) is 40.1. The minimum atomic E-state index is -0.996. The number of carbonyl (C=O) groups is 3. The van der Waals surface area contributed by atoms with Crippen LogP contribution in [0.3, 0.4) is 0 Å². The molecule has 3 N–H and O–H groups in total. The van der Waals surface area contributed by atoms with Crippen LogP contribution in [0.1, 0.15) is 105 Å². The number of amides is 2. The number of piperidine rings is 2. The monoisotopic (exact) mass is 815 g/mol. The van der Waals surface area contributed by atoms with E-state index in [0.29, 0.717) is 35.8 Å². The zero-order valence-electron chi connectivity index (χ0n) is 32.7. The molecule has 2 aliphatic heterocycles. The van der Waals surface area contributed by atoms with Crippen LogP contribution in [0.15, 0.2) is 59.7 Å². The molecule has 4 aromatic rings. The zero-order valence-corrected chi connectivity index (χ0v) is 33.5. The summed E-state index contributed by atoms with van der Waals surface area (Å²) < 4.78 is 52.0. The number of fused-ring (bicyclic) bond motifs is 1. The largest absolute Gasteiger partial charge is 0.374 e. The number of hydrogen-bond acceptors (Lipinski definition) is 10. The lowest BCUT2D eigenvalue weighted by Crippen LogP contribution is -2.51. The van der Waals surface area contributed by atoms with Gasteiger partial charge in [-0.25, -0.2) is 22.5 Å². The predicted molar refractivity (Wildman–Crippen MR) is 218 cm³/mol. The number of benzene rings is 3. The number of ketones is 1. The van der Waals surface area contributed by atoms with Crippen LogP contribution < -0.4 is 20.9 Å². The molecule has 1 spiro atoms. The Kier molecular flexibility index (Phi) is 11.4. The summed E-state index contributed by atoms with van der Waals surface area (Å²) >= 11 is 1.13. The third-order valence-electron chi connectivity index (χ3n) is 12.9. The van der Waals surface area contributed by atoms with E-state index in [9.17, 15) is 23.6 Å². The van der Waals surface area contributed by atoms with Gasteiger partial charge in [0.15, 0.2) is 11.6 Å². The topological polar surface area (TPSA) is 129 Å². The fourth-order valence-electron chi connectivity index (χ4n) is 9.35. The highest BCUT2D eigenvalue weighted by Crippen LogP contribution is 2.55. The molecule has 4 fully saturated rings. The fourth-order valence-corrected chi connectivity index (χ4v) is 9.89. The highest BCUT2D eigenvalue weighted by atomic mass is 32.2. The molecule has 2 amide bonds. The van der Waals surface area contributed by atoms with Crippen molar-refractivity contribution in [3.8, 4) is 0 Å². The molecule has 3 heterocycles. The molecule has 11 nitrogen and oxygen atoms in total. The summed E-state index contributed by atoms with van der Waals surface area (Å²) in [5.41, 5.74) is 0.826. The second-order valence-electron chi connectivity index (χ2n) is 16.4. The zero-order chi connectivity index (χ0) is 40.7. The fraction of sp³-hybridized carbons (Fsp3) is 0.465. The molecule has 2 saturated carbocycles. The summed E-state index contributed by atoms with van der Waals surface area (Å²) in [5.74, 6) is -3.64. The van der Waals surface area contributed by atoms with Crippen LogP contribution in [0.2, 0.25) is 0 Å². The smallest absolute Gasteiger partial charge is 0.261 e. The van der Waals surface area contributed by atoms with E-state index in [0.717, 1.165) is 82.7 Å². The van der Waals surface area contributed by atoms with Crippen molar-refractivity contribution in [1.29, 1.82) is 0 Å². The summed E-state index contributed by atoms with van der Waals surface area (Å²) in [4.78, 5) is 58.0. The van der Waals surface area contributed by atoms with Gasteiger partial charge in [0.1, 0.15) is 17.7 Å². The maximum atomic E-state index is 15.5. The highest BCUT2D eigenvalue weighted by molar-refractivity contribution is 7.98. The van der Waals surface area contributed by atoms with Crippen LogP contribution in [-0.2, 0) is 9.59 Å². The maximum absolute atomic E-state index is 15.5. The van der Waals surface area contributed by atoms with E-state index in [1.807, 2.05) is 30.4 Å². The van der Waals surface area contributed by atoms with Crippen molar-refractivity contribution in [2.45, 2.75) is 95.2 Å². The number of likely N-dealkylation sites (tertiary alicyclic amines) is 1. The van der Waals surface area contributed by atoms with Crippen LogP contribution in [0.5, 0.6) is 0 Å². The third kappa shape index (κ3) is 8.00. The van der Waals surface area contributed by atoms with Gasteiger partial charge >= 0.3 is 0 Å². The van der Waals surface area contributed by atoms with Crippen molar-refractivity contribution in [3.63, 3.8) is 0 Å². The number of imide groups is 1. The number of nitrogens with zero attached hydrogens (tertiary/aromatic N) is 4. The number of carbonyl (C=O) groups excluding carboxylic acids is 3. The standard InChI is InChI=1S/C43H48F3N7O4S/c1-3-51(2)58-50-35-13-11-32(44)38(39(35)46)40(55)26-6-12-34-31(20-26)42(57)53(24-47-34)29-22-43(23-29)16-18-52(19-17-43)28-8-4-25(5-9-28)30-10-7-27(21-33(30)45)48-36-14-15-37(54)49-41(36)56/h6-7,10-13,20-21,24-25,28-29,36,48,50H,3-5,8-9,14-19,22-23H2,1-2H3,(H,49,54,56). The summed E-state index contributed by atoms with van der Waals surface area (Å²) in [6.45, 7) is 4.56. The Bertz CT molecular complexity index is 2300. The number of hydrogen-bond donors (Lipinski definition) is 3. The van der Waals surface area contributed by atoms with Crippen molar-refractivity contribution in [2.75, 3.05) is 36.7 Å². The van der Waals surface area contributed by atoms with Crippen molar-refractivity contribution >= 4 is 52.0 Å². The second kappa shape index (κ2) is 16.5. The van der Waals surface area contributed by atoms with E-state index in [1.165, 1.54) is 24.3 Å². The van der Waals surface area contributed by atoms with Gasteiger partial charge < -0.3 is 14.9 Å². The van der Waals surface area contributed by atoms with E-state index in [-0.39, 0.29) is 63.6 Å². The number of anilines is 2. The Morgan fingerprint density at radius 1 is 0.948 bits per heavy atom. The lowest BCUT2D eigenvalue weighted by molar-refractivity contribution is -0.133. The van der Waals surface area contributed by atoms with Gasteiger partial charge in [-0.05, 0) is 137 Å². The van der Waals surface area contributed by atoms with Crippen LogP contribution in [-0.4, -0.2) is 75.1 Å². The molecule has 8 rings (SSSR count). The predicted octanol–water partition coefficient (Wildman–Crippen LogP) is 7.33. The van der Waals surface area contributed by atoms with Gasteiger partial charge in [0, 0.05) is 48.4 Å². The number of aromatic nitrogens is 2. The molecule has 2 saturated heterocycles. The molecular formula is C43H48F3N7O4S. The lowest BCUT2D eigenvalue weighted by atomic mass is 9.60. The minimum absolute atomic E-state index is 0.00582. The normalized spacial score (nSPS) is 22.6. The van der Waals surface area contributed by atoms with Crippen molar-refractivity contribution in [2.24, 2.45) is 5.41 Å². The highest BCUT2D eigenvalue weighted by Gasteiger charge is 2.47. The van der Waals surface area contributed by atoms with E-state index in [1.54, 1.807) is 17.0 Å². The second-order valence-corrected chi connectivity index (χ2v) is 17.4. The number of nitrogens with one attached hydrogen (secondary N) is 3. The summed E-state index contributed by atoms with van der Waals surface area (Å²) in [6, 6.07) is 11.7. The Balaban J connectivity index is 0.855. The molecule has 4 aliphatic rings. The van der Waals surface area contributed by atoms with Crippen molar-refractivity contribution < 1.29 is 27.6 Å². The number of halogens is 3. The first-order valence-electron chi connectivity index (χ1n) is 20.2. The van der Waals surface area contributed by atoms with Gasteiger partial charge in [-0.3, -0.25) is 29.1 Å². The van der Waals surface area contributed by atoms with E-state index < -0.39 is 29.0 Å². The number of rotatable bonds is 11. The minimum Gasteiger partial charge on any atom is -0.374 e. The van der Waals surface area contributed by atoms with E-state index in [2.05, 4.69) is 25.2 Å². The van der Waals surface area contributed by atoms with Gasteiger partial charge in [-0.1, -0.05) is 13.0 Å². The van der Waals surface area contributed by atoms with Gasteiger partial charge in [-0.2, -0.15) is 0 Å². The maximum Gasteiger partial charge on any atom is 0.261 e. The Morgan fingerprint density at radius 2 is 1.71 bits per heavy atom. The molecule has 58 heavy (non-hydrogen) atoms. The molecule has 3 aromatic carbocycles. The van der Waals surface area contributed by atoms with Crippen LogP contribution in [0, 0.1) is 22.9 Å². The quantitative estimate of drug-likeness (QED) is 0.0805. The first-order chi connectivity index (χ1) is 27.9. The molecular weight excluding hydrogens is 768 g/mol. The van der Waals surface area contributed by atoms with Crippen LogP contribution >= 0.6 is 12.1 Å². The average molecular weight is 816 g/mol. The van der Waals surface area contributed by atoms with Gasteiger partial charge in [-0.15, -0.1) is 0 Å². The summed E-state index contributed by atoms with van der Waals surface area (Å²) in [5, 5.41) is 5.62. The van der Waals surface area contributed by atoms with Gasteiger partial charge in [0.05, 0.1) is 28.5 Å². The van der Waals surface area contributed by atoms with Crippen LogP contribution in [0.25, 0.3) is 10.9 Å². The molecule has 1 atom stereocenters. The molecule has 2 aliphatic carbocycles. The molecule has 0 radical (unpaired) electrons. The molecule has 0 bridgehead atoms. The molecule has 1 aromatic heterocycles. The summed E-state index contributed by atoms with van der Waals surface area (Å²) in [7, 11) is 1.81. The Hall–Kier alpha value is -4.73. The van der Waals surface area contributed by atoms with Crippen LogP contribution in [0.4, 0.5) is 24.5 Å². The molecule has 306 valence electrons. The van der Waals surface area contributed by atoms with E-state index in [4.69, 9.17) is 0 Å². The SMILES string of the molecule is CCN(C)SNc1ccc(F)c(C(=O)c2ccc3ncn(C4CC5(CCN(C6CCC(c7ccc(NC8CCC(=O)NC8=O)cc7F)CC6)CC5)C4)c(=O)c3c2)c1F. The van der Waals surface area contributed by atoms with Crippen molar-refractivity contribution in [1.82, 2.24) is 24.1 Å². The van der Waals surface area contributed by atoms with Gasteiger partial charge in [0.2, 0.25) is 11.8 Å². The molecule has 1 unspecified atom stereocenters. The Labute approximate surface area is 339 Å². The van der Waals surface area contributed by atoms with E-state index >= 15 is 8.78 Å². The third-order valence-corrected chi connectivity index (χ3v) is 13.8. The lowest BCUT2D eigenvalue weighted by Gasteiger charge is -2.54. The molecule has 15 heteroatoms. The average Bonchev–Trinajstić information content (AvgIpc) is 3.21. The first-order valence-corrected chi connectivity index (χ1v) is 21.0. The Morgan fingerprint density at radius 3 is 2.41 bits per heavy atom. The van der Waals surface area contributed by atoms with Gasteiger partial charge in [0.25, 0.3) is 5.56 Å².